The van der Waals surface area contributed by atoms with Gasteiger partial charge in [-0.1, -0.05) is 195 Å². The summed E-state index contributed by atoms with van der Waals surface area (Å²) in [5, 5.41) is 0. The van der Waals surface area contributed by atoms with E-state index in [0.717, 1.165) is 34.2 Å². The highest BCUT2D eigenvalue weighted by Crippen LogP contribution is 2.25. The van der Waals surface area contributed by atoms with Crippen molar-refractivity contribution >= 4 is 0 Å². The van der Waals surface area contributed by atoms with E-state index >= 15 is 0 Å². The van der Waals surface area contributed by atoms with Gasteiger partial charge in [0.1, 0.15) is 0 Å². The molecule has 11 heterocycles. The predicted octanol–water partition coefficient (Wildman–Crippen LogP) is 29.2. The second-order valence-corrected chi connectivity index (χ2v) is 33.9. The van der Waals surface area contributed by atoms with Gasteiger partial charge in [0.15, 0.2) is 0 Å². The third kappa shape index (κ3) is 40.7. The smallest absolute Gasteiger partial charge is 0.0410 e. The van der Waals surface area contributed by atoms with E-state index in [0.29, 0.717) is 65.1 Å². The zero-order valence-corrected chi connectivity index (χ0v) is 78.9. The SMILES string of the molecule is CC(C)c1cccnc1.Cc1cc(C(C)C)cnc1C.Cc1cc(C)c(C(C)C)cn1.Cc1ccc(C(C)C)c(C)n1.Cc1ccc(C(C)C)cn1.Cc1ccnc(C)c1C(C)C.Cc1ccncc1C(C)C.Cc1cnc(C)c(C(C)C)c1.Cc1cncc(C(C)C)c1.Cc1cncc(C(C)C)c1C.Cc1ncccc1C(C)C. The minimum Gasteiger partial charge on any atom is -0.264 e. The van der Waals surface area contributed by atoms with Crippen LogP contribution in [0.25, 0.3) is 0 Å². The molecule has 0 N–H and O–H groups in total. The van der Waals surface area contributed by atoms with E-state index in [1.165, 1.54) is 117 Å². The van der Waals surface area contributed by atoms with Crippen molar-refractivity contribution < 1.29 is 0 Å². The van der Waals surface area contributed by atoms with Crippen molar-refractivity contribution in [2.24, 2.45) is 0 Å². The van der Waals surface area contributed by atoms with E-state index < -0.39 is 0 Å². The summed E-state index contributed by atoms with van der Waals surface area (Å²) in [7, 11) is 0. The Morgan fingerprint density at radius 1 is 0.209 bits per heavy atom. The van der Waals surface area contributed by atoms with Gasteiger partial charge in [-0.3, -0.25) is 54.8 Å². The molecule has 0 aliphatic heterocycles. The molecule has 11 heteroatoms. The zero-order valence-electron chi connectivity index (χ0n) is 78.9. The third-order valence-electron chi connectivity index (χ3n) is 19.7. The quantitative estimate of drug-likeness (QED) is 0.122. The van der Waals surface area contributed by atoms with Gasteiger partial charge in [0.25, 0.3) is 0 Å². The highest BCUT2D eigenvalue weighted by molar-refractivity contribution is 5.34. The minimum atomic E-state index is 0.585. The molecular formula is C104H153N11. The lowest BCUT2D eigenvalue weighted by Crippen LogP contribution is -1.97. The summed E-state index contributed by atoms with van der Waals surface area (Å²) in [5.41, 5.74) is 34.4. The molecule has 11 aromatic heterocycles. The molecule has 624 valence electrons. The first-order valence-electron chi connectivity index (χ1n) is 42.0. The number of hydrogen-bond donors (Lipinski definition) is 0. The second kappa shape index (κ2) is 54.5. The predicted molar refractivity (Wildman–Crippen MR) is 497 cm³/mol. The van der Waals surface area contributed by atoms with Crippen LogP contribution in [0.3, 0.4) is 0 Å². The summed E-state index contributed by atoms with van der Waals surface area (Å²) < 4.78 is 0. The van der Waals surface area contributed by atoms with Crippen LogP contribution < -0.4 is 0 Å². The monoisotopic (exact) mass is 1560 g/mol. The summed E-state index contributed by atoms with van der Waals surface area (Å²) in [6.07, 6.45) is 26.7. The average molecular weight is 1560 g/mol. The number of pyridine rings is 11. The van der Waals surface area contributed by atoms with Crippen LogP contribution in [0.4, 0.5) is 0 Å². The fourth-order valence-corrected chi connectivity index (χ4v) is 12.3. The summed E-state index contributed by atoms with van der Waals surface area (Å²) >= 11 is 0. The largest absolute Gasteiger partial charge is 0.264 e. The van der Waals surface area contributed by atoms with Gasteiger partial charge in [-0.25, -0.2) is 0 Å². The van der Waals surface area contributed by atoms with Crippen molar-refractivity contribution in [3.8, 4) is 0 Å². The van der Waals surface area contributed by atoms with E-state index in [4.69, 9.17) is 0 Å². The maximum Gasteiger partial charge on any atom is 0.0410 e. The van der Waals surface area contributed by atoms with Crippen LogP contribution in [-0.4, -0.2) is 54.8 Å². The van der Waals surface area contributed by atoms with Crippen LogP contribution in [0.1, 0.15) is 369 Å². The molecule has 11 aromatic rings. The Labute approximate surface area is 701 Å². The number of rotatable bonds is 11. The van der Waals surface area contributed by atoms with Gasteiger partial charge in [0.2, 0.25) is 0 Å². The van der Waals surface area contributed by atoms with Crippen molar-refractivity contribution in [2.75, 3.05) is 0 Å². The minimum absolute atomic E-state index is 0.585. The zero-order chi connectivity index (χ0) is 87.5. The van der Waals surface area contributed by atoms with Crippen molar-refractivity contribution in [1.82, 2.24) is 54.8 Å². The van der Waals surface area contributed by atoms with Crippen LogP contribution in [0.15, 0.2) is 172 Å². The van der Waals surface area contributed by atoms with Crippen LogP contribution >= 0.6 is 0 Å². The maximum atomic E-state index is 4.39. The molecule has 0 aliphatic rings. The van der Waals surface area contributed by atoms with Crippen LogP contribution in [-0.2, 0) is 0 Å². The fourth-order valence-electron chi connectivity index (χ4n) is 12.3. The number of hydrogen-bond acceptors (Lipinski definition) is 11. The first-order valence-corrected chi connectivity index (χ1v) is 42.0. The summed E-state index contributed by atoms with van der Waals surface area (Å²) in [4.78, 5) is 46.3. The Morgan fingerprint density at radius 2 is 0.661 bits per heavy atom. The molecular weight excluding hydrogens is 1400 g/mol. The van der Waals surface area contributed by atoms with Crippen LogP contribution in [0.2, 0.25) is 0 Å². The first-order chi connectivity index (χ1) is 53.8. The fraction of sp³-hybridized carbons (Fsp3) is 0.471. The van der Waals surface area contributed by atoms with E-state index in [1.54, 1.807) is 6.20 Å². The van der Waals surface area contributed by atoms with Gasteiger partial charge in [-0.2, -0.15) is 0 Å². The molecule has 0 fully saturated rings. The highest BCUT2D eigenvalue weighted by Gasteiger charge is 2.10. The first kappa shape index (κ1) is 104. The van der Waals surface area contributed by atoms with E-state index in [-0.39, 0.29) is 0 Å². The molecule has 115 heavy (non-hydrogen) atoms. The second-order valence-electron chi connectivity index (χ2n) is 33.9. The molecule has 0 spiro atoms. The van der Waals surface area contributed by atoms with Crippen LogP contribution in [0, 0.1) is 111 Å². The van der Waals surface area contributed by atoms with Gasteiger partial charge in [-0.05, 0) is 324 Å². The van der Waals surface area contributed by atoms with Gasteiger partial charge >= 0.3 is 0 Å². The van der Waals surface area contributed by atoms with Gasteiger partial charge in [-0.15, -0.1) is 0 Å². The van der Waals surface area contributed by atoms with Crippen molar-refractivity contribution in [3.05, 3.63) is 323 Å². The topological polar surface area (TPSA) is 142 Å². The van der Waals surface area contributed by atoms with E-state index in [1.807, 2.05) is 120 Å². The van der Waals surface area contributed by atoms with E-state index in [2.05, 4.69) is 363 Å². The number of aryl methyl sites for hydroxylation is 15. The Kier molecular flexibility index (Phi) is 49.1. The molecule has 11 nitrogen and oxygen atoms in total. The molecule has 0 bridgehead atoms. The molecule has 0 saturated carbocycles. The molecule has 0 aromatic carbocycles. The van der Waals surface area contributed by atoms with Gasteiger partial charge < -0.3 is 0 Å². The van der Waals surface area contributed by atoms with Crippen molar-refractivity contribution in [1.29, 1.82) is 0 Å². The Balaban J connectivity index is 0.000000633. The lowest BCUT2D eigenvalue weighted by atomic mass is 9.97. The van der Waals surface area contributed by atoms with Gasteiger partial charge in [0.05, 0.1) is 0 Å². The maximum absolute atomic E-state index is 4.39. The number of aromatic nitrogens is 11. The van der Waals surface area contributed by atoms with Gasteiger partial charge in [0, 0.05) is 132 Å². The number of nitrogens with zero attached hydrogens (tertiary/aromatic N) is 11. The normalized spacial score (nSPS) is 10.5. The molecule has 0 unspecified atom stereocenters. The molecule has 0 amide bonds. The summed E-state index contributed by atoms with van der Waals surface area (Å²) in [6.45, 7) is 81.4. The van der Waals surface area contributed by atoms with Crippen molar-refractivity contribution in [3.63, 3.8) is 0 Å². The standard InChI is InChI=1S/6C10H15N.4C9H13N.C8H11N/c1-7(2)10-6-11-5-8(3)9(10)4;1-7(2)10-5-8(3)9(4)11-6-10;1-7(2)10-6-11-9(4)5-8(10)3;1-7(2)10-5-8(3)6-11-9(10)4;1-7(2)10-8(3)5-6-11-9(10)4;1-7(2)10-6-5-8(3)11-9(10)4;1-7(2)9-4-8(3)5-10-6-9;1-7(2)9-6-10-5-4-8(9)3;1-7(2)9-5-4-8(3)10-6-9;1-7(2)9-5-4-6-10-8(9)3;1-7(2)8-4-3-5-9-6-8/h6*5-7H,1-4H3;4*4-7H,1-3H3;3-7H,1-2H3. The summed E-state index contributed by atoms with van der Waals surface area (Å²) in [5.74, 6) is 6.48. The average Bonchev–Trinajstić information content (AvgIpc) is 0.850. The summed E-state index contributed by atoms with van der Waals surface area (Å²) in [6, 6.07) is 29.5. The molecule has 0 radical (unpaired) electrons. The highest BCUT2D eigenvalue weighted by atomic mass is 14.7. The molecule has 0 aliphatic carbocycles. The van der Waals surface area contributed by atoms with Crippen LogP contribution in [0.5, 0.6) is 0 Å². The Morgan fingerprint density at radius 3 is 1.08 bits per heavy atom. The Bertz CT molecular complexity index is 4370. The lowest BCUT2D eigenvalue weighted by Gasteiger charge is -2.11. The van der Waals surface area contributed by atoms with Crippen molar-refractivity contribution in [2.45, 2.75) is 328 Å². The lowest BCUT2D eigenvalue weighted by molar-refractivity contribution is 0.832. The molecule has 11 rings (SSSR count). The van der Waals surface area contributed by atoms with E-state index in [9.17, 15) is 0 Å². The Hall–Kier alpha value is -9.35. The third-order valence-corrected chi connectivity index (χ3v) is 19.7. The molecule has 0 saturated heterocycles. The molecule has 0 atom stereocenters.